The van der Waals surface area contributed by atoms with Crippen LogP contribution in [0.1, 0.15) is 75.6 Å². The molecular weight excluding hydrogens is 330 g/mol. The van der Waals surface area contributed by atoms with Crippen molar-refractivity contribution in [3.8, 4) is 0 Å². The summed E-state index contributed by atoms with van der Waals surface area (Å²) in [4.78, 5) is 0. The fourth-order valence-corrected chi connectivity index (χ4v) is 3.44. The molecule has 0 aliphatic rings. The Morgan fingerprint density at radius 1 is 0.778 bits per heavy atom. The molecule has 2 rings (SSSR count). The minimum atomic E-state index is -0.188. The Morgan fingerprint density at radius 3 is 1.63 bits per heavy atom. The first kappa shape index (κ1) is 21.7. The quantitative estimate of drug-likeness (QED) is 0.592. The van der Waals surface area contributed by atoms with Gasteiger partial charge in [-0.3, -0.25) is 0 Å². The van der Waals surface area contributed by atoms with E-state index in [1.54, 1.807) is 0 Å². The van der Waals surface area contributed by atoms with Crippen molar-refractivity contribution in [1.29, 1.82) is 0 Å². The van der Waals surface area contributed by atoms with Crippen molar-refractivity contribution < 1.29 is 5.11 Å². The predicted molar refractivity (Wildman–Crippen MR) is 116 cm³/mol. The summed E-state index contributed by atoms with van der Waals surface area (Å²) in [6, 6.07) is 18.2. The molecule has 0 heterocycles. The lowest BCUT2D eigenvalue weighted by Gasteiger charge is -2.26. The van der Waals surface area contributed by atoms with Crippen LogP contribution < -0.4 is 5.73 Å². The van der Waals surface area contributed by atoms with E-state index in [0.29, 0.717) is 6.04 Å². The van der Waals surface area contributed by atoms with Crippen LogP contribution in [-0.2, 0) is 18.3 Å². The van der Waals surface area contributed by atoms with Gasteiger partial charge in [-0.05, 0) is 60.8 Å². The first-order chi connectivity index (χ1) is 12.9. The summed E-state index contributed by atoms with van der Waals surface area (Å²) in [6.45, 7) is 8.74. The van der Waals surface area contributed by atoms with Gasteiger partial charge in [0.1, 0.15) is 0 Å². The van der Waals surface area contributed by atoms with Crippen LogP contribution in [0.2, 0.25) is 0 Å². The standard InChI is InChI=1S/C25H37NO/c1-5-23(26)17-11-19-7-13-21(14-8-19)25(3,4)22-15-9-20(10-16-22)12-18-24(27)6-2/h7-10,13-16,23-24,27H,5-6,11-12,17-18,26H2,1-4H3. The van der Waals surface area contributed by atoms with Gasteiger partial charge in [0.25, 0.3) is 0 Å². The van der Waals surface area contributed by atoms with Gasteiger partial charge in [0.2, 0.25) is 0 Å². The van der Waals surface area contributed by atoms with Gasteiger partial charge in [-0.15, -0.1) is 0 Å². The molecule has 0 amide bonds. The minimum absolute atomic E-state index is 0.0280. The summed E-state index contributed by atoms with van der Waals surface area (Å²) in [7, 11) is 0. The fourth-order valence-electron chi connectivity index (χ4n) is 3.44. The van der Waals surface area contributed by atoms with Gasteiger partial charge in [0.05, 0.1) is 6.10 Å². The Labute approximate surface area is 165 Å². The molecule has 0 aliphatic heterocycles. The molecule has 0 saturated heterocycles. The summed E-state index contributed by atoms with van der Waals surface area (Å²) in [5.41, 5.74) is 11.3. The molecule has 2 heteroatoms. The zero-order chi connectivity index (χ0) is 19.9. The van der Waals surface area contributed by atoms with Crippen LogP contribution in [0.15, 0.2) is 48.5 Å². The summed E-state index contributed by atoms with van der Waals surface area (Å²) >= 11 is 0. The second-order valence-corrected chi connectivity index (χ2v) is 8.33. The zero-order valence-corrected chi connectivity index (χ0v) is 17.5. The molecule has 3 N–H and O–H groups in total. The van der Waals surface area contributed by atoms with E-state index >= 15 is 0 Å². The molecule has 0 saturated carbocycles. The second kappa shape index (κ2) is 10.1. The molecule has 2 aromatic rings. The van der Waals surface area contributed by atoms with Gasteiger partial charge < -0.3 is 10.8 Å². The summed E-state index contributed by atoms with van der Waals surface area (Å²) in [6.07, 6.45) is 5.55. The van der Waals surface area contributed by atoms with E-state index < -0.39 is 0 Å². The number of hydrogen-bond donors (Lipinski definition) is 2. The van der Waals surface area contributed by atoms with Gasteiger partial charge >= 0.3 is 0 Å². The fraction of sp³-hybridized carbons (Fsp3) is 0.520. The van der Waals surface area contributed by atoms with E-state index in [0.717, 1.165) is 38.5 Å². The van der Waals surface area contributed by atoms with Crippen LogP contribution >= 0.6 is 0 Å². The van der Waals surface area contributed by atoms with E-state index in [2.05, 4.69) is 69.3 Å². The highest BCUT2D eigenvalue weighted by Crippen LogP contribution is 2.32. The minimum Gasteiger partial charge on any atom is -0.393 e. The van der Waals surface area contributed by atoms with Crippen molar-refractivity contribution in [1.82, 2.24) is 0 Å². The van der Waals surface area contributed by atoms with Crippen molar-refractivity contribution in [3.63, 3.8) is 0 Å². The third kappa shape index (κ3) is 6.19. The molecular formula is C25H37NO. The highest BCUT2D eigenvalue weighted by Gasteiger charge is 2.23. The number of aliphatic hydroxyl groups excluding tert-OH is 1. The Kier molecular flexibility index (Phi) is 8.07. The molecule has 2 aromatic carbocycles. The lowest BCUT2D eigenvalue weighted by atomic mass is 9.77. The molecule has 148 valence electrons. The van der Waals surface area contributed by atoms with Gasteiger partial charge in [-0.25, -0.2) is 0 Å². The molecule has 0 radical (unpaired) electrons. The van der Waals surface area contributed by atoms with Crippen molar-refractivity contribution >= 4 is 0 Å². The highest BCUT2D eigenvalue weighted by molar-refractivity contribution is 5.39. The monoisotopic (exact) mass is 367 g/mol. The maximum Gasteiger partial charge on any atom is 0.0540 e. The number of nitrogens with two attached hydrogens (primary N) is 1. The molecule has 27 heavy (non-hydrogen) atoms. The molecule has 2 unspecified atom stereocenters. The third-order valence-electron chi connectivity index (χ3n) is 5.92. The van der Waals surface area contributed by atoms with Crippen LogP contribution in [0, 0.1) is 0 Å². The molecule has 2 atom stereocenters. The summed E-state index contributed by atoms with van der Waals surface area (Å²) in [5.74, 6) is 0. The smallest absolute Gasteiger partial charge is 0.0540 e. The SMILES string of the molecule is CCC(N)CCc1ccc(C(C)(C)c2ccc(CCC(O)CC)cc2)cc1. The van der Waals surface area contributed by atoms with E-state index in [-0.39, 0.29) is 11.5 Å². The largest absolute Gasteiger partial charge is 0.393 e. The molecule has 0 aliphatic carbocycles. The Bertz CT molecular complexity index is 613. The average molecular weight is 368 g/mol. The normalized spacial score (nSPS) is 14.1. The lowest BCUT2D eigenvalue weighted by Crippen LogP contribution is -2.20. The second-order valence-electron chi connectivity index (χ2n) is 8.33. The Morgan fingerprint density at radius 2 is 1.22 bits per heavy atom. The summed E-state index contributed by atoms with van der Waals surface area (Å²) in [5, 5.41) is 9.75. The van der Waals surface area contributed by atoms with Crippen LogP contribution in [0.4, 0.5) is 0 Å². The molecule has 0 aromatic heterocycles. The Balaban J connectivity index is 2.04. The van der Waals surface area contributed by atoms with E-state index in [1.165, 1.54) is 22.3 Å². The summed E-state index contributed by atoms with van der Waals surface area (Å²) < 4.78 is 0. The first-order valence-electron chi connectivity index (χ1n) is 10.5. The topological polar surface area (TPSA) is 46.2 Å². The molecule has 2 nitrogen and oxygen atoms in total. The maximum absolute atomic E-state index is 9.75. The van der Waals surface area contributed by atoms with Crippen LogP contribution in [-0.4, -0.2) is 17.3 Å². The van der Waals surface area contributed by atoms with Crippen LogP contribution in [0.25, 0.3) is 0 Å². The van der Waals surface area contributed by atoms with Crippen molar-refractivity contribution in [2.24, 2.45) is 5.73 Å². The first-order valence-corrected chi connectivity index (χ1v) is 10.5. The number of benzene rings is 2. The predicted octanol–water partition coefficient (Wildman–Crippen LogP) is 5.39. The van der Waals surface area contributed by atoms with Crippen LogP contribution in [0.3, 0.4) is 0 Å². The van der Waals surface area contributed by atoms with Gasteiger partial charge in [0, 0.05) is 11.5 Å². The maximum atomic E-state index is 9.75. The average Bonchev–Trinajstić information content (AvgIpc) is 2.70. The zero-order valence-electron chi connectivity index (χ0n) is 17.5. The van der Waals surface area contributed by atoms with Gasteiger partial charge in [0.15, 0.2) is 0 Å². The lowest BCUT2D eigenvalue weighted by molar-refractivity contribution is 0.160. The van der Waals surface area contributed by atoms with E-state index in [9.17, 15) is 5.11 Å². The number of hydrogen-bond acceptors (Lipinski definition) is 2. The highest BCUT2D eigenvalue weighted by atomic mass is 16.3. The molecule has 0 bridgehead atoms. The van der Waals surface area contributed by atoms with Crippen LogP contribution in [0.5, 0.6) is 0 Å². The van der Waals surface area contributed by atoms with Crippen molar-refractivity contribution in [3.05, 3.63) is 70.8 Å². The molecule has 0 fully saturated rings. The van der Waals surface area contributed by atoms with Crippen molar-refractivity contribution in [2.75, 3.05) is 0 Å². The van der Waals surface area contributed by atoms with Crippen molar-refractivity contribution in [2.45, 2.75) is 83.8 Å². The number of aryl methyl sites for hydroxylation is 2. The molecule has 0 spiro atoms. The number of rotatable bonds is 10. The number of aliphatic hydroxyl groups is 1. The van der Waals surface area contributed by atoms with E-state index in [1.807, 2.05) is 6.92 Å². The Hall–Kier alpha value is -1.64. The third-order valence-corrected chi connectivity index (χ3v) is 5.92. The van der Waals surface area contributed by atoms with Gasteiger partial charge in [-0.2, -0.15) is 0 Å². The van der Waals surface area contributed by atoms with Gasteiger partial charge in [-0.1, -0.05) is 76.2 Å². The van der Waals surface area contributed by atoms with E-state index in [4.69, 9.17) is 5.73 Å².